The average Bonchev–Trinajstić information content (AvgIpc) is 2.79. The van der Waals surface area contributed by atoms with Gasteiger partial charge in [0.25, 0.3) is 0 Å². The summed E-state index contributed by atoms with van der Waals surface area (Å²) in [7, 11) is 1.39. The monoisotopic (exact) mass is 371 g/mol. The number of hydrogen-bond donors (Lipinski definition) is 0. The number of carbonyl (C=O) groups excluding carboxylic acids is 1. The van der Waals surface area contributed by atoms with Gasteiger partial charge in [-0.3, -0.25) is 0 Å². The van der Waals surface area contributed by atoms with Gasteiger partial charge >= 0.3 is 5.97 Å². The summed E-state index contributed by atoms with van der Waals surface area (Å²) < 4.78 is 11.1. The van der Waals surface area contributed by atoms with Crippen molar-refractivity contribution in [3.63, 3.8) is 0 Å². The number of nitrogens with zero attached hydrogens (tertiary/aromatic N) is 1. The summed E-state index contributed by atoms with van der Waals surface area (Å²) in [5.74, 6) is 0.127. The van der Waals surface area contributed by atoms with Crippen LogP contribution >= 0.6 is 0 Å². The maximum atomic E-state index is 12.2. The number of benzene rings is 3. The number of aliphatic imine (C=N–C) groups is 1. The Bertz CT molecular complexity index is 966. The summed E-state index contributed by atoms with van der Waals surface area (Å²) in [6.07, 6.45) is 0.190. The first-order valence-corrected chi connectivity index (χ1v) is 9.27. The second kappa shape index (κ2) is 8.09. The van der Waals surface area contributed by atoms with Crippen LogP contribution < -0.4 is 0 Å². The van der Waals surface area contributed by atoms with E-state index >= 15 is 0 Å². The van der Waals surface area contributed by atoms with Gasteiger partial charge in [-0.2, -0.15) is 0 Å². The molecule has 4 rings (SSSR count). The molecule has 0 saturated heterocycles. The lowest BCUT2D eigenvalue weighted by Gasteiger charge is -2.28. The summed E-state index contributed by atoms with van der Waals surface area (Å²) in [6, 6.07) is 27.5. The summed E-state index contributed by atoms with van der Waals surface area (Å²) in [5, 5.41) is 0. The van der Waals surface area contributed by atoms with Gasteiger partial charge in [0, 0.05) is 12.0 Å². The first kappa shape index (κ1) is 18.0. The zero-order valence-corrected chi connectivity index (χ0v) is 15.6. The SMILES string of the molecule is COC(=O)[C@@H]1C[C@@H](c2ccc(-c3ccccc3)cc2)OC(c2ccccc2)=N1. The lowest BCUT2D eigenvalue weighted by molar-refractivity contribution is -0.143. The standard InChI is InChI=1S/C24H21NO3/c1-27-24(26)21-16-22(28-23(25-21)20-10-6-3-7-11-20)19-14-12-18(13-15-19)17-8-4-2-5-9-17/h2-15,21-22H,16H2,1H3/t21-,22-/m0/s1. The molecule has 0 unspecified atom stereocenters. The van der Waals surface area contributed by atoms with Crippen molar-refractivity contribution >= 4 is 11.9 Å². The maximum Gasteiger partial charge on any atom is 0.330 e. The Morgan fingerprint density at radius 1 is 0.857 bits per heavy atom. The lowest BCUT2D eigenvalue weighted by atomic mass is 9.97. The van der Waals surface area contributed by atoms with E-state index < -0.39 is 6.04 Å². The Balaban J connectivity index is 1.62. The molecule has 140 valence electrons. The zero-order chi connectivity index (χ0) is 19.3. The number of esters is 1. The quantitative estimate of drug-likeness (QED) is 0.619. The normalized spacial score (nSPS) is 18.7. The van der Waals surface area contributed by atoms with Crippen LogP contribution in [-0.2, 0) is 14.3 Å². The van der Waals surface area contributed by atoms with Crippen molar-refractivity contribution in [2.45, 2.75) is 18.6 Å². The highest BCUT2D eigenvalue weighted by Gasteiger charge is 2.32. The van der Waals surface area contributed by atoms with Gasteiger partial charge in [0.05, 0.1) is 7.11 Å². The largest absolute Gasteiger partial charge is 0.469 e. The molecule has 0 N–H and O–H groups in total. The highest BCUT2D eigenvalue weighted by atomic mass is 16.5. The summed E-state index contributed by atoms with van der Waals surface area (Å²) in [6.45, 7) is 0. The number of carbonyl (C=O) groups is 1. The molecular formula is C24H21NO3. The van der Waals surface area contributed by atoms with Crippen molar-refractivity contribution in [1.29, 1.82) is 0 Å². The van der Waals surface area contributed by atoms with Crippen molar-refractivity contribution < 1.29 is 14.3 Å². The molecule has 1 heterocycles. The topological polar surface area (TPSA) is 47.9 Å². The third-order valence-corrected chi connectivity index (χ3v) is 4.85. The van der Waals surface area contributed by atoms with E-state index in [4.69, 9.17) is 9.47 Å². The predicted octanol–water partition coefficient (Wildman–Crippen LogP) is 4.80. The fraction of sp³-hybridized carbons (Fsp3) is 0.167. The Labute approximate surface area is 164 Å². The molecule has 1 aliphatic rings. The molecule has 0 fully saturated rings. The summed E-state index contributed by atoms with van der Waals surface area (Å²) in [5.41, 5.74) is 4.16. The Morgan fingerprint density at radius 3 is 2.04 bits per heavy atom. The molecule has 3 aromatic rings. The molecule has 0 spiro atoms. The minimum atomic E-state index is -0.576. The molecule has 1 aliphatic heterocycles. The third kappa shape index (κ3) is 3.81. The van der Waals surface area contributed by atoms with Gasteiger partial charge in [-0.25, -0.2) is 9.79 Å². The lowest BCUT2D eigenvalue weighted by Crippen LogP contribution is -2.31. The minimum Gasteiger partial charge on any atom is -0.469 e. The fourth-order valence-corrected chi connectivity index (χ4v) is 3.34. The van der Waals surface area contributed by atoms with Gasteiger partial charge in [-0.05, 0) is 28.8 Å². The fourth-order valence-electron chi connectivity index (χ4n) is 3.34. The van der Waals surface area contributed by atoms with Crippen molar-refractivity contribution in [2.24, 2.45) is 4.99 Å². The first-order valence-electron chi connectivity index (χ1n) is 9.27. The molecule has 0 saturated carbocycles. The molecular weight excluding hydrogens is 350 g/mol. The van der Waals surface area contributed by atoms with Crippen LogP contribution in [0.5, 0.6) is 0 Å². The number of rotatable bonds is 4. The van der Waals surface area contributed by atoms with E-state index in [1.54, 1.807) is 0 Å². The molecule has 0 bridgehead atoms. The van der Waals surface area contributed by atoms with E-state index in [9.17, 15) is 4.79 Å². The summed E-state index contributed by atoms with van der Waals surface area (Å²) >= 11 is 0. The average molecular weight is 371 g/mol. The van der Waals surface area contributed by atoms with E-state index in [1.165, 1.54) is 7.11 Å². The highest BCUT2D eigenvalue weighted by molar-refractivity contribution is 5.96. The van der Waals surface area contributed by atoms with Crippen LogP contribution in [0.1, 0.15) is 23.7 Å². The van der Waals surface area contributed by atoms with Crippen LogP contribution in [0.4, 0.5) is 0 Å². The van der Waals surface area contributed by atoms with Crippen LogP contribution in [0.15, 0.2) is 89.9 Å². The molecule has 0 aromatic heterocycles. The van der Waals surface area contributed by atoms with Crippen molar-refractivity contribution in [2.75, 3.05) is 7.11 Å². The smallest absolute Gasteiger partial charge is 0.330 e. The van der Waals surface area contributed by atoms with Crippen LogP contribution in [0, 0.1) is 0 Å². The number of ether oxygens (including phenoxy) is 2. The predicted molar refractivity (Wildman–Crippen MR) is 109 cm³/mol. The Morgan fingerprint density at radius 2 is 1.43 bits per heavy atom. The van der Waals surface area contributed by atoms with Crippen LogP contribution in [-0.4, -0.2) is 25.0 Å². The second-order valence-corrected chi connectivity index (χ2v) is 6.67. The molecule has 2 atom stereocenters. The van der Waals surface area contributed by atoms with Crippen LogP contribution in [0.25, 0.3) is 11.1 Å². The Kier molecular flexibility index (Phi) is 5.20. The van der Waals surface area contributed by atoms with Crippen molar-refractivity contribution in [3.8, 4) is 11.1 Å². The third-order valence-electron chi connectivity index (χ3n) is 4.85. The molecule has 0 amide bonds. The number of hydrogen-bond acceptors (Lipinski definition) is 4. The molecule has 3 aromatic carbocycles. The van der Waals surface area contributed by atoms with E-state index in [-0.39, 0.29) is 12.1 Å². The first-order chi connectivity index (χ1) is 13.7. The van der Waals surface area contributed by atoms with Crippen molar-refractivity contribution in [1.82, 2.24) is 0 Å². The number of methoxy groups -OCH3 is 1. The van der Waals surface area contributed by atoms with Gasteiger partial charge in [-0.1, -0.05) is 72.8 Å². The van der Waals surface area contributed by atoms with Gasteiger partial charge < -0.3 is 9.47 Å². The van der Waals surface area contributed by atoms with Gasteiger partial charge in [-0.15, -0.1) is 0 Å². The molecule has 4 nitrogen and oxygen atoms in total. The zero-order valence-electron chi connectivity index (χ0n) is 15.6. The molecule has 28 heavy (non-hydrogen) atoms. The molecule has 0 aliphatic carbocycles. The van der Waals surface area contributed by atoms with Crippen LogP contribution in [0.3, 0.4) is 0 Å². The van der Waals surface area contributed by atoms with Crippen molar-refractivity contribution in [3.05, 3.63) is 96.1 Å². The Hall–Kier alpha value is -3.40. The van der Waals surface area contributed by atoms with Crippen LogP contribution in [0.2, 0.25) is 0 Å². The van der Waals surface area contributed by atoms with Gasteiger partial charge in [0.1, 0.15) is 6.10 Å². The van der Waals surface area contributed by atoms with Gasteiger partial charge in [0.15, 0.2) is 6.04 Å². The second-order valence-electron chi connectivity index (χ2n) is 6.67. The van der Waals surface area contributed by atoms with E-state index in [1.807, 2.05) is 48.5 Å². The maximum absolute atomic E-state index is 12.2. The van der Waals surface area contributed by atoms with E-state index in [2.05, 4.69) is 41.4 Å². The highest BCUT2D eigenvalue weighted by Crippen LogP contribution is 2.31. The van der Waals surface area contributed by atoms with Gasteiger partial charge in [0.2, 0.25) is 5.90 Å². The molecule has 0 radical (unpaired) electrons. The minimum absolute atomic E-state index is 0.262. The van der Waals surface area contributed by atoms with E-state index in [0.29, 0.717) is 12.3 Å². The van der Waals surface area contributed by atoms with E-state index in [0.717, 1.165) is 22.3 Å². The summed E-state index contributed by atoms with van der Waals surface area (Å²) in [4.78, 5) is 16.7. The molecule has 4 heteroatoms.